The number of aryl methyl sites for hydroxylation is 1. The van der Waals surface area contributed by atoms with E-state index in [-0.39, 0.29) is 0 Å². The van der Waals surface area contributed by atoms with Crippen LogP contribution in [-0.2, 0) is 6.42 Å². The summed E-state index contributed by atoms with van der Waals surface area (Å²) in [6.07, 6.45) is 0.861. The number of anilines is 1. The maximum atomic E-state index is 9.35. The molecule has 4 aromatic rings. The Morgan fingerprint density at radius 1 is 1.08 bits per heavy atom. The van der Waals surface area contributed by atoms with Crippen molar-refractivity contribution in [3.05, 3.63) is 65.9 Å². The summed E-state index contributed by atoms with van der Waals surface area (Å²) in [7, 11) is 0. The molecule has 0 amide bonds. The second-order valence-corrected chi connectivity index (χ2v) is 5.88. The molecule has 5 heteroatoms. The molecule has 0 bridgehead atoms. The van der Waals surface area contributed by atoms with E-state index < -0.39 is 0 Å². The maximum absolute atomic E-state index is 9.35. The van der Waals surface area contributed by atoms with Gasteiger partial charge in [0.2, 0.25) is 0 Å². The Morgan fingerprint density at radius 3 is 2.71 bits per heavy atom. The SMILES string of the molecule is Cc1cc2nc(NCCc3ccc(O)cc3)c3ccccc3n2n1. The Labute approximate surface area is 139 Å². The Balaban J connectivity index is 1.63. The van der Waals surface area contributed by atoms with Crippen LogP contribution >= 0.6 is 0 Å². The van der Waals surface area contributed by atoms with Gasteiger partial charge in [0, 0.05) is 18.0 Å². The molecule has 2 aromatic carbocycles. The number of nitrogens with one attached hydrogen (secondary N) is 1. The number of hydrogen-bond acceptors (Lipinski definition) is 4. The predicted octanol–water partition coefficient (Wildman–Crippen LogP) is 3.55. The third-order valence-electron chi connectivity index (χ3n) is 4.07. The molecule has 5 nitrogen and oxygen atoms in total. The number of hydrogen-bond donors (Lipinski definition) is 2. The Bertz CT molecular complexity index is 1010. The van der Waals surface area contributed by atoms with E-state index in [2.05, 4.69) is 22.5 Å². The van der Waals surface area contributed by atoms with Crippen LogP contribution in [0.3, 0.4) is 0 Å². The monoisotopic (exact) mass is 318 g/mol. The summed E-state index contributed by atoms with van der Waals surface area (Å²) in [5, 5.41) is 18.4. The molecule has 0 saturated heterocycles. The predicted molar refractivity (Wildman–Crippen MR) is 95.5 cm³/mol. The van der Waals surface area contributed by atoms with Gasteiger partial charge < -0.3 is 10.4 Å². The lowest BCUT2D eigenvalue weighted by atomic mass is 10.1. The minimum Gasteiger partial charge on any atom is -0.508 e. The molecule has 0 spiro atoms. The summed E-state index contributed by atoms with van der Waals surface area (Å²) >= 11 is 0. The van der Waals surface area contributed by atoms with Crippen LogP contribution in [0.5, 0.6) is 5.75 Å². The van der Waals surface area contributed by atoms with Crippen molar-refractivity contribution in [1.82, 2.24) is 14.6 Å². The van der Waals surface area contributed by atoms with E-state index in [0.717, 1.165) is 41.0 Å². The highest BCUT2D eigenvalue weighted by molar-refractivity contribution is 5.91. The van der Waals surface area contributed by atoms with Gasteiger partial charge in [-0.1, -0.05) is 24.3 Å². The first-order chi connectivity index (χ1) is 11.7. The van der Waals surface area contributed by atoms with Gasteiger partial charge in [0.05, 0.1) is 11.2 Å². The number of rotatable bonds is 4. The van der Waals surface area contributed by atoms with E-state index in [9.17, 15) is 5.11 Å². The normalized spacial score (nSPS) is 11.2. The highest BCUT2D eigenvalue weighted by Gasteiger charge is 2.09. The topological polar surface area (TPSA) is 62.5 Å². The second-order valence-electron chi connectivity index (χ2n) is 5.88. The van der Waals surface area contributed by atoms with Crippen LogP contribution in [0.2, 0.25) is 0 Å². The number of phenolic OH excluding ortho intramolecular Hbond substituents is 1. The zero-order chi connectivity index (χ0) is 16.5. The number of nitrogens with zero attached hydrogens (tertiary/aromatic N) is 3. The lowest BCUT2D eigenvalue weighted by molar-refractivity contribution is 0.475. The zero-order valence-corrected chi connectivity index (χ0v) is 13.4. The van der Waals surface area contributed by atoms with Crippen molar-refractivity contribution in [2.24, 2.45) is 0 Å². The molecule has 0 fully saturated rings. The van der Waals surface area contributed by atoms with Crippen molar-refractivity contribution < 1.29 is 5.11 Å². The molecule has 0 atom stereocenters. The Hall–Kier alpha value is -3.08. The molecule has 0 aliphatic rings. The molecule has 2 aromatic heterocycles. The molecular weight excluding hydrogens is 300 g/mol. The minimum atomic E-state index is 0.293. The van der Waals surface area contributed by atoms with Crippen LogP contribution in [0.4, 0.5) is 5.82 Å². The third kappa shape index (κ3) is 2.65. The van der Waals surface area contributed by atoms with E-state index in [1.54, 1.807) is 12.1 Å². The standard InChI is InChI=1S/C19H18N4O/c1-13-12-18-21-19(16-4-2-3-5-17(16)23(18)22-13)20-11-10-14-6-8-15(24)9-7-14/h2-9,12,24H,10-11H2,1H3,(H,20,21). The molecule has 0 radical (unpaired) electrons. The fourth-order valence-corrected chi connectivity index (χ4v) is 2.90. The van der Waals surface area contributed by atoms with Crippen LogP contribution in [0.1, 0.15) is 11.3 Å². The van der Waals surface area contributed by atoms with Crippen molar-refractivity contribution in [3.63, 3.8) is 0 Å². The van der Waals surface area contributed by atoms with E-state index in [1.165, 1.54) is 5.56 Å². The molecule has 4 rings (SSSR count). The summed E-state index contributed by atoms with van der Waals surface area (Å²) in [5.74, 6) is 1.16. The van der Waals surface area contributed by atoms with Gasteiger partial charge in [-0.25, -0.2) is 9.50 Å². The lowest BCUT2D eigenvalue weighted by Crippen LogP contribution is -2.08. The number of fused-ring (bicyclic) bond motifs is 3. The fraction of sp³-hybridized carbons (Fsp3) is 0.158. The van der Waals surface area contributed by atoms with Crippen molar-refractivity contribution in [2.45, 2.75) is 13.3 Å². The molecule has 2 N–H and O–H groups in total. The molecule has 2 heterocycles. The van der Waals surface area contributed by atoms with Crippen LogP contribution in [0.15, 0.2) is 54.6 Å². The smallest absolute Gasteiger partial charge is 0.158 e. The quantitative estimate of drug-likeness (QED) is 0.604. The van der Waals surface area contributed by atoms with Crippen molar-refractivity contribution >= 4 is 22.4 Å². The third-order valence-corrected chi connectivity index (χ3v) is 4.07. The molecule has 24 heavy (non-hydrogen) atoms. The molecular formula is C19H18N4O. The van der Waals surface area contributed by atoms with Crippen LogP contribution in [0.25, 0.3) is 16.6 Å². The van der Waals surface area contributed by atoms with Gasteiger partial charge >= 0.3 is 0 Å². The average molecular weight is 318 g/mol. The van der Waals surface area contributed by atoms with E-state index in [0.29, 0.717) is 5.75 Å². The highest BCUT2D eigenvalue weighted by Crippen LogP contribution is 2.23. The first-order valence-electron chi connectivity index (χ1n) is 7.97. The number of benzene rings is 2. The summed E-state index contributed by atoms with van der Waals surface area (Å²) in [4.78, 5) is 4.72. The molecule has 0 aliphatic heterocycles. The first-order valence-corrected chi connectivity index (χ1v) is 7.97. The fourth-order valence-electron chi connectivity index (χ4n) is 2.90. The van der Waals surface area contributed by atoms with Crippen molar-refractivity contribution in [3.8, 4) is 5.75 Å². The highest BCUT2D eigenvalue weighted by atomic mass is 16.3. The average Bonchev–Trinajstić information content (AvgIpc) is 2.97. The van der Waals surface area contributed by atoms with Gasteiger partial charge in [0.25, 0.3) is 0 Å². The van der Waals surface area contributed by atoms with Crippen molar-refractivity contribution in [1.29, 1.82) is 0 Å². The Kier molecular flexibility index (Phi) is 3.54. The molecule has 0 saturated carbocycles. The molecule has 120 valence electrons. The van der Waals surface area contributed by atoms with Crippen LogP contribution in [-0.4, -0.2) is 26.2 Å². The summed E-state index contributed by atoms with van der Waals surface area (Å²) in [5.41, 5.74) is 4.01. The second kappa shape index (κ2) is 5.85. The van der Waals surface area contributed by atoms with Crippen LogP contribution < -0.4 is 5.32 Å². The van der Waals surface area contributed by atoms with Gasteiger partial charge in [0.15, 0.2) is 5.65 Å². The van der Waals surface area contributed by atoms with Crippen LogP contribution in [0, 0.1) is 6.92 Å². The van der Waals surface area contributed by atoms with Gasteiger partial charge in [-0.15, -0.1) is 0 Å². The number of para-hydroxylation sites is 1. The minimum absolute atomic E-state index is 0.293. The van der Waals surface area contributed by atoms with E-state index >= 15 is 0 Å². The molecule has 0 aliphatic carbocycles. The summed E-state index contributed by atoms with van der Waals surface area (Å²) < 4.78 is 1.88. The van der Waals surface area contributed by atoms with Gasteiger partial charge in [-0.2, -0.15) is 5.10 Å². The maximum Gasteiger partial charge on any atom is 0.158 e. The van der Waals surface area contributed by atoms with E-state index in [1.807, 2.05) is 41.8 Å². The largest absolute Gasteiger partial charge is 0.508 e. The number of aromatic nitrogens is 3. The van der Waals surface area contributed by atoms with Gasteiger partial charge in [-0.05, 0) is 43.2 Å². The summed E-state index contributed by atoms with van der Waals surface area (Å²) in [6.45, 7) is 2.74. The Morgan fingerprint density at radius 2 is 1.88 bits per heavy atom. The lowest BCUT2D eigenvalue weighted by Gasteiger charge is -2.10. The number of aromatic hydroxyl groups is 1. The zero-order valence-electron chi connectivity index (χ0n) is 13.4. The van der Waals surface area contributed by atoms with Gasteiger partial charge in [0.1, 0.15) is 11.6 Å². The van der Waals surface area contributed by atoms with Crippen molar-refractivity contribution in [2.75, 3.05) is 11.9 Å². The van der Waals surface area contributed by atoms with Gasteiger partial charge in [-0.3, -0.25) is 0 Å². The molecule has 0 unspecified atom stereocenters. The first kappa shape index (κ1) is 14.5. The summed E-state index contributed by atoms with van der Waals surface area (Å²) in [6, 6.07) is 17.4. The van der Waals surface area contributed by atoms with E-state index in [4.69, 9.17) is 4.98 Å². The number of phenols is 1.